The summed E-state index contributed by atoms with van der Waals surface area (Å²) in [5.74, 6) is -0.419. The molecule has 31 heavy (non-hydrogen) atoms. The number of piperidine rings is 1. The molecule has 3 rings (SSSR count). The highest BCUT2D eigenvalue weighted by atomic mass is 32.2. The highest BCUT2D eigenvalue weighted by molar-refractivity contribution is 7.89. The first-order chi connectivity index (χ1) is 14.5. The van der Waals surface area contributed by atoms with Crippen LogP contribution in [0.4, 0.5) is 5.69 Å². The van der Waals surface area contributed by atoms with E-state index >= 15 is 0 Å². The Bertz CT molecular complexity index is 1020. The van der Waals surface area contributed by atoms with Crippen molar-refractivity contribution in [3.8, 4) is 0 Å². The minimum absolute atomic E-state index is 0.0288. The van der Waals surface area contributed by atoms with Gasteiger partial charge in [-0.15, -0.1) is 0 Å². The number of morpholine rings is 1. The predicted molar refractivity (Wildman–Crippen MR) is 117 cm³/mol. The normalized spacial score (nSPS) is 21.3. The number of hydrogen-bond donors (Lipinski definition) is 1. The summed E-state index contributed by atoms with van der Waals surface area (Å²) < 4.78 is 56.9. The van der Waals surface area contributed by atoms with Gasteiger partial charge in [-0.1, -0.05) is 0 Å². The van der Waals surface area contributed by atoms with Crippen LogP contribution < -0.4 is 10.2 Å². The molecule has 12 heteroatoms. The number of carbonyl (C=O) groups is 1. The van der Waals surface area contributed by atoms with Crippen molar-refractivity contribution in [2.75, 3.05) is 64.6 Å². The summed E-state index contributed by atoms with van der Waals surface area (Å²) >= 11 is 0. The fourth-order valence-electron chi connectivity index (χ4n) is 3.77. The van der Waals surface area contributed by atoms with Crippen molar-refractivity contribution in [1.82, 2.24) is 13.9 Å². The topological polar surface area (TPSA) is 116 Å². The van der Waals surface area contributed by atoms with Gasteiger partial charge >= 0.3 is 0 Å². The largest absolute Gasteiger partial charge is 0.378 e. The third-order valence-corrected chi connectivity index (χ3v) is 8.61. The Balaban J connectivity index is 1.91. The number of rotatable bonds is 6. The molecule has 0 saturated carbocycles. The average molecular weight is 475 g/mol. The fraction of sp³-hybridized carbons (Fsp3) is 0.632. The summed E-state index contributed by atoms with van der Waals surface area (Å²) in [7, 11) is -4.19. The number of benzene rings is 1. The second-order valence-corrected chi connectivity index (χ2v) is 12.1. The van der Waals surface area contributed by atoms with Crippen LogP contribution in [0.3, 0.4) is 0 Å². The van der Waals surface area contributed by atoms with Crippen LogP contribution in [0.2, 0.25) is 0 Å². The number of sulfonamides is 2. The first-order valence-corrected chi connectivity index (χ1v) is 13.4. The number of carbonyl (C=O) groups excluding carboxylic acids is 1. The zero-order valence-corrected chi connectivity index (χ0v) is 19.7. The van der Waals surface area contributed by atoms with Crippen LogP contribution in [0.25, 0.3) is 0 Å². The van der Waals surface area contributed by atoms with E-state index in [2.05, 4.69) is 5.32 Å². The van der Waals surface area contributed by atoms with Crippen LogP contribution in [0.1, 0.15) is 23.2 Å². The molecule has 1 N–H and O–H groups in total. The molecular formula is C19H30N4O6S2. The van der Waals surface area contributed by atoms with Gasteiger partial charge in [0, 0.05) is 52.0 Å². The van der Waals surface area contributed by atoms with Crippen molar-refractivity contribution in [3.05, 3.63) is 23.8 Å². The van der Waals surface area contributed by atoms with Gasteiger partial charge in [0.25, 0.3) is 5.91 Å². The zero-order valence-electron chi connectivity index (χ0n) is 18.1. The maximum Gasteiger partial charge on any atom is 0.253 e. The third kappa shape index (κ3) is 5.55. The molecule has 0 radical (unpaired) electrons. The van der Waals surface area contributed by atoms with Gasteiger partial charge < -0.3 is 15.0 Å². The van der Waals surface area contributed by atoms with Gasteiger partial charge in [0.05, 0.1) is 29.9 Å². The summed E-state index contributed by atoms with van der Waals surface area (Å²) in [4.78, 5) is 15.3. The Morgan fingerprint density at radius 1 is 1.13 bits per heavy atom. The number of nitrogens with one attached hydrogen (secondary N) is 1. The molecule has 2 heterocycles. The van der Waals surface area contributed by atoms with E-state index in [1.54, 1.807) is 6.07 Å². The summed E-state index contributed by atoms with van der Waals surface area (Å²) in [6.45, 7) is 2.85. The van der Waals surface area contributed by atoms with Crippen LogP contribution in [0.15, 0.2) is 23.1 Å². The Hall–Kier alpha value is -1.73. The molecule has 0 aromatic heterocycles. The van der Waals surface area contributed by atoms with Gasteiger partial charge in [0.2, 0.25) is 20.0 Å². The summed E-state index contributed by atoms with van der Waals surface area (Å²) in [6.07, 6.45) is 2.45. The highest BCUT2D eigenvalue weighted by Gasteiger charge is 2.29. The van der Waals surface area contributed by atoms with Crippen LogP contribution in [0, 0.1) is 0 Å². The second-order valence-electron chi connectivity index (χ2n) is 8.00. The van der Waals surface area contributed by atoms with E-state index in [4.69, 9.17) is 4.74 Å². The molecule has 10 nitrogen and oxygen atoms in total. The van der Waals surface area contributed by atoms with Crippen molar-refractivity contribution in [2.45, 2.75) is 23.8 Å². The monoisotopic (exact) mass is 474 g/mol. The average Bonchev–Trinajstić information content (AvgIpc) is 2.73. The molecule has 2 fully saturated rings. The molecule has 0 spiro atoms. The van der Waals surface area contributed by atoms with Gasteiger partial charge in [-0.25, -0.2) is 25.4 Å². The predicted octanol–water partition coefficient (Wildman–Crippen LogP) is -0.0727. The summed E-state index contributed by atoms with van der Waals surface area (Å²) in [5.41, 5.74) is 0.885. The standard InChI is InChI=1S/C19H30N4O6S2/c1-21(2)31(27,28)16-6-7-18(22-9-11-29-12-10-22)17(13-16)19(24)20-15-5-4-8-23(14-15)30(3,25)26/h6-7,13,15H,4-5,8-12,14H2,1-3H3,(H,20,24). The van der Waals surface area contributed by atoms with E-state index in [0.717, 1.165) is 10.6 Å². The molecule has 1 aromatic carbocycles. The lowest BCUT2D eigenvalue weighted by Gasteiger charge is -2.33. The van der Waals surface area contributed by atoms with E-state index in [1.807, 2.05) is 4.90 Å². The first-order valence-electron chi connectivity index (χ1n) is 10.2. The maximum absolute atomic E-state index is 13.2. The lowest BCUT2D eigenvalue weighted by molar-refractivity contribution is 0.0920. The van der Waals surface area contributed by atoms with Crippen LogP contribution in [0.5, 0.6) is 0 Å². The van der Waals surface area contributed by atoms with Crippen LogP contribution in [-0.4, -0.2) is 97.1 Å². The van der Waals surface area contributed by atoms with Gasteiger partial charge in [-0.3, -0.25) is 4.79 Å². The number of nitrogens with zero attached hydrogens (tertiary/aromatic N) is 3. The second kappa shape index (κ2) is 9.41. The van der Waals surface area contributed by atoms with Crippen molar-refractivity contribution in [3.63, 3.8) is 0 Å². The molecular weight excluding hydrogens is 444 g/mol. The summed E-state index contributed by atoms with van der Waals surface area (Å²) in [6, 6.07) is 4.21. The zero-order chi connectivity index (χ0) is 22.8. The van der Waals surface area contributed by atoms with Crippen molar-refractivity contribution in [2.24, 2.45) is 0 Å². The van der Waals surface area contributed by atoms with E-state index < -0.39 is 26.0 Å². The number of ether oxygens (including phenoxy) is 1. The van der Waals surface area contributed by atoms with Crippen molar-refractivity contribution in [1.29, 1.82) is 0 Å². The van der Waals surface area contributed by atoms with Gasteiger partial charge in [-0.05, 0) is 31.0 Å². The molecule has 1 amide bonds. The van der Waals surface area contributed by atoms with E-state index in [9.17, 15) is 21.6 Å². The van der Waals surface area contributed by atoms with Gasteiger partial charge in [0.15, 0.2) is 0 Å². The highest BCUT2D eigenvalue weighted by Crippen LogP contribution is 2.27. The van der Waals surface area contributed by atoms with E-state index in [-0.39, 0.29) is 23.0 Å². The van der Waals surface area contributed by atoms with Gasteiger partial charge in [0.1, 0.15) is 0 Å². The van der Waals surface area contributed by atoms with Crippen LogP contribution >= 0.6 is 0 Å². The molecule has 1 aromatic rings. The molecule has 2 aliphatic rings. The number of amides is 1. The molecule has 0 bridgehead atoms. The Morgan fingerprint density at radius 2 is 1.81 bits per heavy atom. The lowest BCUT2D eigenvalue weighted by Crippen LogP contribution is -2.49. The van der Waals surface area contributed by atoms with Crippen molar-refractivity contribution >= 4 is 31.6 Å². The minimum atomic E-state index is -3.72. The quantitative estimate of drug-likeness (QED) is 0.613. The molecule has 2 aliphatic heterocycles. The van der Waals surface area contributed by atoms with Crippen LogP contribution in [-0.2, 0) is 24.8 Å². The van der Waals surface area contributed by atoms with E-state index in [0.29, 0.717) is 51.4 Å². The number of anilines is 1. The van der Waals surface area contributed by atoms with Crippen molar-refractivity contribution < 1.29 is 26.4 Å². The Kier molecular flexibility index (Phi) is 7.26. The molecule has 2 saturated heterocycles. The smallest absolute Gasteiger partial charge is 0.253 e. The Morgan fingerprint density at radius 3 is 2.42 bits per heavy atom. The SMILES string of the molecule is CN(C)S(=O)(=O)c1ccc(N2CCOCC2)c(C(=O)NC2CCCN(S(C)(=O)=O)C2)c1. The number of hydrogen-bond acceptors (Lipinski definition) is 7. The first kappa shape index (κ1) is 23.9. The minimum Gasteiger partial charge on any atom is -0.378 e. The lowest BCUT2D eigenvalue weighted by atomic mass is 10.1. The fourth-order valence-corrected chi connectivity index (χ4v) is 5.61. The maximum atomic E-state index is 13.2. The molecule has 0 aliphatic carbocycles. The molecule has 1 atom stereocenters. The third-order valence-electron chi connectivity index (χ3n) is 5.53. The molecule has 1 unspecified atom stereocenters. The van der Waals surface area contributed by atoms with Gasteiger partial charge in [-0.2, -0.15) is 0 Å². The van der Waals surface area contributed by atoms with E-state index in [1.165, 1.54) is 30.5 Å². The summed E-state index contributed by atoms with van der Waals surface area (Å²) in [5, 5.41) is 2.91. The Labute approximate surface area is 184 Å². The molecule has 174 valence electrons.